The van der Waals surface area contributed by atoms with Crippen molar-refractivity contribution in [3.8, 4) is 21.7 Å². The van der Waals surface area contributed by atoms with Crippen molar-refractivity contribution >= 4 is 38.9 Å². The number of hydrogen-bond donors (Lipinski definition) is 1. The molecule has 2 aromatic carbocycles. The standard InChI is InChI=1S/C32H29F2N3O5S2/c33-22-11-13-24(25(34)15-22)26-14-12-23(17-35-26)44(41,42)36-18-28(20-7-3-1-4-8-20)37(30(38)19-36)27-16-29(43-31(27)32(39)40)21-9-5-2-6-10-21/h2,5-6,9-17,20,28H,1,3-4,7-8,18-19H2,(H,39,40)/t28-/m0/s1. The smallest absolute Gasteiger partial charge is 0.348 e. The van der Waals surface area contributed by atoms with Crippen LogP contribution in [0.1, 0.15) is 41.8 Å². The highest BCUT2D eigenvalue weighted by molar-refractivity contribution is 7.89. The second kappa shape index (κ2) is 12.2. The molecule has 228 valence electrons. The van der Waals surface area contributed by atoms with Gasteiger partial charge in [0.05, 0.1) is 24.0 Å². The van der Waals surface area contributed by atoms with Crippen LogP contribution in [0.25, 0.3) is 21.7 Å². The molecule has 1 aliphatic heterocycles. The van der Waals surface area contributed by atoms with Gasteiger partial charge in [0.25, 0.3) is 0 Å². The maximum Gasteiger partial charge on any atom is 0.348 e. The summed E-state index contributed by atoms with van der Waals surface area (Å²) in [7, 11) is -4.20. The first-order valence-corrected chi connectivity index (χ1v) is 16.6. The predicted molar refractivity (Wildman–Crippen MR) is 163 cm³/mol. The fourth-order valence-corrected chi connectivity index (χ4v) is 8.49. The lowest BCUT2D eigenvalue weighted by molar-refractivity contribution is -0.121. The zero-order valence-corrected chi connectivity index (χ0v) is 25.2. The SMILES string of the molecule is O=C(O)c1sc(-c2ccccc2)cc1N1C(=O)CN(S(=O)(=O)c2ccc(-c3ccc(F)cc3F)nc2)C[C@H]1C1CCCCC1. The maximum atomic E-state index is 14.3. The molecule has 4 aromatic rings. The molecule has 2 aromatic heterocycles. The monoisotopic (exact) mass is 637 g/mol. The molecule has 1 aliphatic carbocycles. The summed E-state index contributed by atoms with van der Waals surface area (Å²) in [6.45, 7) is -0.488. The summed E-state index contributed by atoms with van der Waals surface area (Å²) >= 11 is 1.09. The Morgan fingerprint density at radius 3 is 2.39 bits per heavy atom. The lowest BCUT2D eigenvalue weighted by Gasteiger charge is -2.44. The number of halogens is 2. The fraction of sp³-hybridized carbons (Fsp3) is 0.281. The van der Waals surface area contributed by atoms with E-state index < -0.39 is 46.1 Å². The number of anilines is 1. The number of piperazine rings is 1. The van der Waals surface area contributed by atoms with E-state index in [1.54, 1.807) is 6.07 Å². The zero-order chi connectivity index (χ0) is 31.0. The summed E-state index contributed by atoms with van der Waals surface area (Å²) in [5, 5.41) is 10.1. The Morgan fingerprint density at radius 1 is 0.977 bits per heavy atom. The molecule has 8 nitrogen and oxygen atoms in total. The average Bonchev–Trinajstić information content (AvgIpc) is 3.47. The zero-order valence-electron chi connectivity index (χ0n) is 23.5. The van der Waals surface area contributed by atoms with Gasteiger partial charge < -0.3 is 10.0 Å². The second-order valence-corrected chi connectivity index (χ2v) is 14.0. The molecule has 6 rings (SSSR count). The number of aromatic nitrogens is 1. The van der Waals surface area contributed by atoms with Gasteiger partial charge in [0.2, 0.25) is 15.9 Å². The molecule has 3 heterocycles. The Labute approximate surface area is 257 Å². The first kappa shape index (κ1) is 30.0. The Balaban J connectivity index is 1.34. The molecule has 1 saturated carbocycles. The molecule has 0 bridgehead atoms. The number of carboxylic acid groups (broad SMARTS) is 1. The number of benzene rings is 2. The summed E-state index contributed by atoms with van der Waals surface area (Å²) in [4.78, 5) is 32.5. The number of aromatic carboxylic acids is 1. The van der Waals surface area contributed by atoms with Gasteiger partial charge >= 0.3 is 5.97 Å². The molecular weight excluding hydrogens is 608 g/mol. The Morgan fingerprint density at radius 2 is 1.73 bits per heavy atom. The highest BCUT2D eigenvalue weighted by Crippen LogP contribution is 2.42. The van der Waals surface area contributed by atoms with Crippen LogP contribution in [0.2, 0.25) is 0 Å². The number of thiophene rings is 1. The summed E-state index contributed by atoms with van der Waals surface area (Å²) in [6, 6.07) is 16.1. The highest BCUT2D eigenvalue weighted by Gasteiger charge is 2.44. The van der Waals surface area contributed by atoms with Crippen LogP contribution in [-0.2, 0) is 14.8 Å². The van der Waals surface area contributed by atoms with Gasteiger partial charge in [0, 0.05) is 29.2 Å². The Bertz CT molecular complexity index is 1810. The average molecular weight is 638 g/mol. The quantitative estimate of drug-likeness (QED) is 0.250. The van der Waals surface area contributed by atoms with Crippen LogP contribution in [0.15, 0.2) is 77.8 Å². The molecule has 0 radical (unpaired) electrons. The molecule has 1 atom stereocenters. The largest absolute Gasteiger partial charge is 0.477 e. The number of rotatable bonds is 7. The van der Waals surface area contributed by atoms with Crippen molar-refractivity contribution in [3.63, 3.8) is 0 Å². The van der Waals surface area contributed by atoms with Gasteiger partial charge in [-0.1, -0.05) is 49.6 Å². The molecule has 2 fully saturated rings. The van der Waals surface area contributed by atoms with Gasteiger partial charge in [-0.2, -0.15) is 4.31 Å². The van der Waals surface area contributed by atoms with Crippen molar-refractivity contribution in [2.45, 2.75) is 43.0 Å². The molecule has 1 amide bonds. The van der Waals surface area contributed by atoms with Crippen LogP contribution in [0.3, 0.4) is 0 Å². The van der Waals surface area contributed by atoms with Crippen LogP contribution in [-0.4, -0.2) is 53.8 Å². The van der Waals surface area contributed by atoms with Crippen LogP contribution >= 0.6 is 11.3 Å². The van der Waals surface area contributed by atoms with Crippen molar-refractivity contribution in [1.29, 1.82) is 0 Å². The number of hydrogen-bond acceptors (Lipinski definition) is 6. The van der Waals surface area contributed by atoms with Crippen LogP contribution < -0.4 is 4.90 Å². The molecule has 44 heavy (non-hydrogen) atoms. The number of pyridine rings is 1. The van der Waals surface area contributed by atoms with Gasteiger partial charge in [-0.3, -0.25) is 9.78 Å². The van der Waals surface area contributed by atoms with E-state index in [2.05, 4.69) is 4.98 Å². The summed E-state index contributed by atoms with van der Waals surface area (Å²) in [5.41, 5.74) is 1.27. The van der Waals surface area contributed by atoms with E-state index in [1.165, 1.54) is 23.1 Å². The molecule has 1 N–H and O–H groups in total. The third-order valence-corrected chi connectivity index (χ3v) is 11.3. The van der Waals surface area contributed by atoms with Gasteiger partial charge in [0.15, 0.2) is 0 Å². The maximum absolute atomic E-state index is 14.3. The van der Waals surface area contributed by atoms with Crippen LogP contribution in [0.4, 0.5) is 14.5 Å². The minimum Gasteiger partial charge on any atom is -0.477 e. The Hall–Kier alpha value is -4.00. The highest BCUT2D eigenvalue weighted by atomic mass is 32.2. The van der Waals surface area contributed by atoms with Gasteiger partial charge in [-0.25, -0.2) is 22.0 Å². The molecule has 0 spiro atoms. The lowest BCUT2D eigenvalue weighted by atomic mass is 9.82. The number of carbonyl (C=O) groups is 2. The van der Waals surface area contributed by atoms with Crippen LogP contribution in [0.5, 0.6) is 0 Å². The Kier molecular flexibility index (Phi) is 8.32. The van der Waals surface area contributed by atoms with E-state index in [1.807, 2.05) is 30.3 Å². The topological polar surface area (TPSA) is 108 Å². The number of amides is 1. The van der Waals surface area contributed by atoms with E-state index in [0.29, 0.717) is 4.88 Å². The van der Waals surface area contributed by atoms with E-state index >= 15 is 0 Å². The lowest BCUT2D eigenvalue weighted by Crippen LogP contribution is -2.60. The number of carboxylic acids is 1. The van der Waals surface area contributed by atoms with E-state index in [-0.39, 0.29) is 39.2 Å². The summed E-state index contributed by atoms with van der Waals surface area (Å²) in [6.07, 6.45) is 5.61. The van der Waals surface area contributed by atoms with Gasteiger partial charge in [-0.15, -0.1) is 11.3 Å². The van der Waals surface area contributed by atoms with Crippen molar-refractivity contribution < 1.29 is 31.9 Å². The summed E-state index contributed by atoms with van der Waals surface area (Å²) < 4.78 is 56.4. The second-order valence-electron chi connectivity index (χ2n) is 11.0. The summed E-state index contributed by atoms with van der Waals surface area (Å²) in [5.74, 6) is -3.24. The first-order valence-electron chi connectivity index (χ1n) is 14.3. The third-order valence-electron chi connectivity index (χ3n) is 8.30. The molecule has 12 heteroatoms. The van der Waals surface area contributed by atoms with E-state index in [4.69, 9.17) is 0 Å². The number of sulfonamides is 1. The molecule has 1 saturated heterocycles. The minimum absolute atomic E-state index is 0.0113. The minimum atomic E-state index is -4.20. The normalized spacial score (nSPS) is 18.5. The first-order chi connectivity index (χ1) is 21.1. The predicted octanol–water partition coefficient (Wildman–Crippen LogP) is 6.44. The molecular formula is C32H29F2N3O5S2. The van der Waals surface area contributed by atoms with Gasteiger partial charge in [0.1, 0.15) is 21.4 Å². The number of carbonyl (C=O) groups excluding carboxylic acids is 1. The van der Waals surface area contributed by atoms with Crippen molar-refractivity contribution in [2.24, 2.45) is 5.92 Å². The molecule has 0 unspecified atom stereocenters. The van der Waals surface area contributed by atoms with Crippen molar-refractivity contribution in [3.05, 3.63) is 89.4 Å². The van der Waals surface area contributed by atoms with Crippen molar-refractivity contribution in [1.82, 2.24) is 9.29 Å². The van der Waals surface area contributed by atoms with E-state index in [9.17, 15) is 31.9 Å². The fourth-order valence-electron chi connectivity index (χ4n) is 6.14. The number of nitrogens with zero attached hydrogens (tertiary/aromatic N) is 3. The van der Waals surface area contributed by atoms with Crippen LogP contribution in [0, 0.1) is 17.6 Å². The van der Waals surface area contributed by atoms with Crippen molar-refractivity contribution in [2.75, 3.05) is 18.0 Å². The van der Waals surface area contributed by atoms with E-state index in [0.717, 1.165) is 71.6 Å². The third kappa shape index (κ3) is 5.76. The van der Waals surface area contributed by atoms with Gasteiger partial charge in [-0.05, 0) is 54.7 Å². The molecule has 2 aliphatic rings.